The zero-order chi connectivity index (χ0) is 28.9. The molecule has 0 aliphatic rings. The molecule has 0 N–H and O–H groups in total. The molecule has 218 valence electrons. The Morgan fingerprint density at radius 2 is 0.786 bits per heavy atom. The molecule has 0 bridgehead atoms. The van der Waals surface area contributed by atoms with Crippen LogP contribution in [0.2, 0.25) is 10.0 Å². The van der Waals surface area contributed by atoms with Gasteiger partial charge in [-0.2, -0.15) is 35.9 Å². The van der Waals surface area contributed by atoms with E-state index in [0.717, 1.165) is 5.30 Å². The molecule has 6 rings (SSSR count). The van der Waals surface area contributed by atoms with Crippen LogP contribution in [-0.4, -0.2) is 0 Å². The molecule has 0 saturated carbocycles. The van der Waals surface area contributed by atoms with Gasteiger partial charge in [-0.05, 0) is 21.2 Å². The summed E-state index contributed by atoms with van der Waals surface area (Å²) in [6, 6.07) is 55.1. The fourth-order valence-corrected chi connectivity index (χ4v) is 9.54. The monoisotopic (exact) mass is 798 g/mol. The molecule has 0 spiro atoms. The van der Waals surface area contributed by atoms with Gasteiger partial charge in [0, 0.05) is 0 Å². The van der Waals surface area contributed by atoms with Crippen molar-refractivity contribution in [1.82, 2.24) is 0 Å². The quantitative estimate of drug-likeness (QED) is 0.0897. The van der Waals surface area contributed by atoms with Gasteiger partial charge in [0.1, 0.15) is 0 Å². The van der Waals surface area contributed by atoms with Gasteiger partial charge in [-0.1, -0.05) is 147 Å². The van der Waals surface area contributed by atoms with Crippen molar-refractivity contribution in [3.8, 4) is 0 Å². The van der Waals surface area contributed by atoms with Crippen LogP contribution in [0.3, 0.4) is 0 Å². The fraction of sp³-hybridized carbons (Fsp3) is 0. The SMILES string of the molecule is Clc1cc[c-](P(c2ccccc2)c2ccccc2)c1Cl.[Cl][Pd][Cl].[Fe+2].c1ccc(P(c2ccccc2)[c-]2cccc2)cc1. The van der Waals surface area contributed by atoms with Crippen molar-refractivity contribution in [3.05, 3.63) is 168 Å². The number of benzene rings is 4. The molecule has 0 aliphatic heterocycles. The van der Waals surface area contributed by atoms with Crippen molar-refractivity contribution in [2.45, 2.75) is 0 Å². The van der Waals surface area contributed by atoms with E-state index >= 15 is 0 Å². The van der Waals surface area contributed by atoms with Gasteiger partial charge in [0.15, 0.2) is 0 Å². The molecule has 0 radical (unpaired) electrons. The minimum atomic E-state index is -0.662. The normalized spacial score (nSPS) is 10.3. The Hall–Kier alpha value is -1.22. The second-order valence-corrected chi connectivity index (χ2v) is 16.1. The number of hydrogen-bond acceptors (Lipinski definition) is 0. The van der Waals surface area contributed by atoms with Crippen molar-refractivity contribution in [2.24, 2.45) is 0 Å². The summed E-state index contributed by atoms with van der Waals surface area (Å²) in [5.41, 5.74) is 0. The Bertz CT molecular complexity index is 1470. The van der Waals surface area contributed by atoms with E-state index in [1.807, 2.05) is 24.3 Å². The molecule has 0 saturated heterocycles. The van der Waals surface area contributed by atoms with Crippen LogP contribution in [0.25, 0.3) is 0 Å². The molecule has 0 aliphatic carbocycles. The zero-order valence-electron chi connectivity index (χ0n) is 22.1. The minimum Gasteiger partial charge on any atom is -0.213 e. The van der Waals surface area contributed by atoms with Crippen LogP contribution in [0.5, 0.6) is 0 Å². The molecule has 0 atom stereocenters. The zero-order valence-corrected chi connectivity index (χ0v) is 29.6. The van der Waals surface area contributed by atoms with Crippen LogP contribution in [0, 0.1) is 0 Å². The molecule has 42 heavy (non-hydrogen) atoms. The first-order valence-corrected chi connectivity index (χ1v) is 20.0. The summed E-state index contributed by atoms with van der Waals surface area (Å²) in [6.45, 7) is 0. The van der Waals surface area contributed by atoms with Crippen molar-refractivity contribution in [1.29, 1.82) is 0 Å². The molecule has 6 aromatic carbocycles. The molecule has 0 fully saturated rings. The first-order valence-electron chi connectivity index (χ1n) is 12.6. The van der Waals surface area contributed by atoms with Gasteiger partial charge in [-0.15, -0.1) is 22.2 Å². The molecular formula is C34H26Cl4FeP2Pd. The molecule has 6 aromatic rings. The van der Waals surface area contributed by atoms with Crippen molar-refractivity contribution in [2.75, 3.05) is 0 Å². The Labute approximate surface area is 288 Å². The Balaban J connectivity index is 0.000000207. The summed E-state index contributed by atoms with van der Waals surface area (Å²) in [4.78, 5) is 0. The minimum absolute atomic E-state index is 0. The third kappa shape index (κ3) is 9.90. The molecule has 0 unspecified atom stereocenters. The van der Waals surface area contributed by atoms with Gasteiger partial charge in [-0.25, -0.2) is 12.1 Å². The third-order valence-corrected chi connectivity index (χ3v) is 11.9. The van der Waals surface area contributed by atoms with Gasteiger partial charge in [0.2, 0.25) is 0 Å². The average molecular weight is 801 g/mol. The summed E-state index contributed by atoms with van der Waals surface area (Å²) in [5, 5.41) is 9.20. The van der Waals surface area contributed by atoms with E-state index < -0.39 is 15.8 Å². The van der Waals surface area contributed by atoms with E-state index in [1.54, 1.807) is 0 Å². The van der Waals surface area contributed by atoms with E-state index in [9.17, 15) is 0 Å². The van der Waals surface area contributed by atoms with Crippen LogP contribution in [-0.2, 0) is 33.0 Å². The predicted octanol–water partition coefficient (Wildman–Crippen LogP) is 9.01. The number of halogens is 4. The Kier molecular flexibility index (Phi) is 16.1. The number of hydrogen-bond donors (Lipinski definition) is 0. The molecule has 0 nitrogen and oxygen atoms in total. The summed E-state index contributed by atoms with van der Waals surface area (Å²) in [7, 11) is 8.56. The average Bonchev–Trinajstić information content (AvgIpc) is 3.67. The van der Waals surface area contributed by atoms with E-state index in [4.69, 9.17) is 42.3 Å². The van der Waals surface area contributed by atoms with Crippen LogP contribution < -0.4 is 31.8 Å². The smallest absolute Gasteiger partial charge is 0.213 e. The maximum absolute atomic E-state index is 6.39. The third-order valence-electron chi connectivity index (χ3n) is 6.02. The molecular weight excluding hydrogens is 774 g/mol. The fourth-order valence-electron chi connectivity index (χ4n) is 4.29. The van der Waals surface area contributed by atoms with E-state index in [-0.39, 0.29) is 33.0 Å². The van der Waals surface area contributed by atoms with Gasteiger partial charge >= 0.3 is 52.1 Å². The topological polar surface area (TPSA) is 0 Å². The van der Waals surface area contributed by atoms with Crippen LogP contribution >= 0.6 is 58.1 Å². The maximum Gasteiger partial charge on any atom is 2.00 e. The van der Waals surface area contributed by atoms with Gasteiger partial charge in [0.05, 0.1) is 0 Å². The standard InChI is InChI=1S/C17H12Cl2P.C17H14P.2ClH.Fe.Pd/c18-15-11-12-16(17(15)19)20(13-7-3-1-4-8-13)14-9-5-2-6-10-14;1-3-9-15(10-4-1)18(17-13-7-8-14-17)16-11-5-2-6-12-16;;;;/h1-12H;1-14H;2*1H;;/q2*-1;;;2*+2/p-2. The molecule has 0 amide bonds. The van der Waals surface area contributed by atoms with E-state index in [2.05, 4.69) is 133 Å². The number of rotatable bonds is 6. The first-order chi connectivity index (χ1) is 20.1. The van der Waals surface area contributed by atoms with Crippen LogP contribution in [0.4, 0.5) is 0 Å². The summed E-state index contributed by atoms with van der Waals surface area (Å²) >= 11 is 12.4. The largest absolute Gasteiger partial charge is 2.00 e. The van der Waals surface area contributed by atoms with Crippen molar-refractivity contribution in [3.63, 3.8) is 0 Å². The van der Waals surface area contributed by atoms with E-state index in [0.29, 0.717) is 10.0 Å². The molecule has 8 heteroatoms. The van der Waals surface area contributed by atoms with E-state index in [1.165, 1.54) is 26.5 Å². The van der Waals surface area contributed by atoms with Gasteiger partial charge in [0.25, 0.3) is 0 Å². The van der Waals surface area contributed by atoms with Crippen LogP contribution in [0.1, 0.15) is 0 Å². The summed E-state index contributed by atoms with van der Waals surface area (Å²) in [5.74, 6) is 0. The van der Waals surface area contributed by atoms with Gasteiger partial charge in [-0.3, -0.25) is 0 Å². The van der Waals surface area contributed by atoms with Crippen molar-refractivity contribution < 1.29 is 33.0 Å². The Morgan fingerprint density at radius 1 is 0.452 bits per heavy atom. The second kappa shape index (κ2) is 19.2. The Morgan fingerprint density at radius 3 is 1.10 bits per heavy atom. The molecule has 0 aromatic heterocycles. The second-order valence-electron chi connectivity index (χ2n) is 8.58. The first kappa shape index (κ1) is 35.3. The van der Waals surface area contributed by atoms with Gasteiger partial charge < -0.3 is 0 Å². The van der Waals surface area contributed by atoms with Crippen molar-refractivity contribution >= 4 is 89.9 Å². The maximum atomic E-state index is 6.39. The molecule has 0 heterocycles. The predicted molar refractivity (Wildman–Crippen MR) is 183 cm³/mol. The van der Waals surface area contributed by atoms with Crippen LogP contribution in [0.15, 0.2) is 158 Å². The summed E-state index contributed by atoms with van der Waals surface area (Å²) < 4.78 is 0. The summed E-state index contributed by atoms with van der Waals surface area (Å²) in [6.07, 6.45) is 0.